The molecule has 0 spiro atoms. The lowest BCUT2D eigenvalue weighted by atomic mass is 10.1. The second-order valence-corrected chi connectivity index (χ2v) is 5.15. The molecule has 1 atom stereocenters. The van der Waals surface area contributed by atoms with E-state index >= 15 is 0 Å². The first-order valence-electron chi connectivity index (χ1n) is 6.73. The molecule has 1 aliphatic rings. The molecule has 6 nitrogen and oxygen atoms in total. The average Bonchev–Trinajstić information content (AvgIpc) is 2.41. The van der Waals surface area contributed by atoms with Gasteiger partial charge in [0.25, 0.3) is 0 Å². The van der Waals surface area contributed by atoms with Crippen molar-refractivity contribution >= 4 is 5.91 Å². The van der Waals surface area contributed by atoms with E-state index in [0.717, 1.165) is 26.2 Å². The summed E-state index contributed by atoms with van der Waals surface area (Å²) in [6, 6.07) is 4.66. The first kappa shape index (κ1) is 14.8. The summed E-state index contributed by atoms with van der Waals surface area (Å²) in [5.74, 6) is -0.321. The molecule has 2 rings (SSSR count). The van der Waals surface area contributed by atoms with Gasteiger partial charge in [-0.05, 0) is 25.1 Å². The number of piperazine rings is 1. The van der Waals surface area contributed by atoms with E-state index < -0.39 is 12.1 Å². The number of carbonyl (C=O) groups is 1. The van der Waals surface area contributed by atoms with Crippen molar-refractivity contribution in [3.63, 3.8) is 0 Å². The molecule has 110 valence electrons. The Kier molecular flexibility index (Phi) is 4.59. The van der Waals surface area contributed by atoms with Crippen LogP contribution in [0.2, 0.25) is 0 Å². The molecular formula is C14H21N3O3. The number of phenols is 1. The molecular weight excluding hydrogens is 258 g/mol. The second kappa shape index (κ2) is 6.21. The topological polar surface area (TPSA) is 90.0 Å². The maximum atomic E-state index is 11.2. The monoisotopic (exact) mass is 279 g/mol. The van der Waals surface area contributed by atoms with E-state index in [9.17, 15) is 15.0 Å². The summed E-state index contributed by atoms with van der Waals surface area (Å²) in [7, 11) is 0. The van der Waals surface area contributed by atoms with Gasteiger partial charge in [-0.15, -0.1) is 0 Å². The Morgan fingerprint density at radius 2 is 2.00 bits per heavy atom. The number of nitrogens with two attached hydrogens (primary N) is 1. The van der Waals surface area contributed by atoms with Crippen molar-refractivity contribution in [2.24, 2.45) is 5.73 Å². The molecule has 1 fully saturated rings. The van der Waals surface area contributed by atoms with Crippen LogP contribution in [0.4, 0.5) is 0 Å². The summed E-state index contributed by atoms with van der Waals surface area (Å²) in [5, 5.41) is 19.4. The van der Waals surface area contributed by atoms with Crippen LogP contribution in [0.5, 0.6) is 5.75 Å². The number of primary amides is 1. The van der Waals surface area contributed by atoms with Crippen LogP contribution in [-0.2, 0) is 6.54 Å². The molecule has 1 aromatic carbocycles. The van der Waals surface area contributed by atoms with Gasteiger partial charge in [-0.1, -0.05) is 0 Å². The normalized spacial score (nSPS) is 18.9. The molecule has 1 aromatic rings. The maximum Gasteiger partial charge on any atom is 0.248 e. The number of nitrogens with zero attached hydrogens (tertiary/aromatic N) is 2. The van der Waals surface area contributed by atoms with Gasteiger partial charge in [0.2, 0.25) is 5.91 Å². The number of rotatable bonds is 4. The van der Waals surface area contributed by atoms with Crippen LogP contribution in [0.25, 0.3) is 0 Å². The highest BCUT2D eigenvalue weighted by Crippen LogP contribution is 2.21. The zero-order valence-corrected chi connectivity index (χ0v) is 11.6. The SMILES string of the molecule is CC(O)N1CCN(Cc2cc(C(N)=O)ccc2O)CC1. The van der Waals surface area contributed by atoms with Crippen LogP contribution >= 0.6 is 0 Å². The van der Waals surface area contributed by atoms with Crippen LogP contribution < -0.4 is 5.73 Å². The Morgan fingerprint density at radius 3 is 2.55 bits per heavy atom. The molecule has 1 heterocycles. The maximum absolute atomic E-state index is 11.2. The lowest BCUT2D eigenvalue weighted by Crippen LogP contribution is -2.49. The summed E-state index contributed by atoms with van der Waals surface area (Å²) in [5.41, 5.74) is 6.35. The zero-order chi connectivity index (χ0) is 14.7. The number of hydrogen-bond donors (Lipinski definition) is 3. The number of carbonyl (C=O) groups excluding carboxylic acids is 1. The molecule has 1 saturated heterocycles. The molecule has 6 heteroatoms. The smallest absolute Gasteiger partial charge is 0.248 e. The summed E-state index contributed by atoms with van der Waals surface area (Å²) < 4.78 is 0. The fraction of sp³-hybridized carbons (Fsp3) is 0.500. The van der Waals surface area contributed by atoms with Gasteiger partial charge in [0.1, 0.15) is 12.0 Å². The second-order valence-electron chi connectivity index (χ2n) is 5.15. The van der Waals surface area contributed by atoms with Crippen LogP contribution in [0, 0.1) is 0 Å². The minimum Gasteiger partial charge on any atom is -0.508 e. The van der Waals surface area contributed by atoms with Crippen molar-refractivity contribution in [1.82, 2.24) is 9.80 Å². The predicted octanol–water partition coefficient (Wildman–Crippen LogP) is -0.0530. The average molecular weight is 279 g/mol. The molecule has 0 aromatic heterocycles. The first-order chi connectivity index (χ1) is 9.47. The van der Waals surface area contributed by atoms with Crippen molar-refractivity contribution in [2.75, 3.05) is 26.2 Å². The summed E-state index contributed by atoms with van der Waals surface area (Å²) in [6.07, 6.45) is -0.427. The van der Waals surface area contributed by atoms with Crippen molar-refractivity contribution in [2.45, 2.75) is 19.7 Å². The van der Waals surface area contributed by atoms with E-state index in [2.05, 4.69) is 4.90 Å². The van der Waals surface area contributed by atoms with Crippen molar-refractivity contribution in [3.8, 4) is 5.75 Å². The first-order valence-corrected chi connectivity index (χ1v) is 6.73. The lowest BCUT2D eigenvalue weighted by Gasteiger charge is -2.36. The van der Waals surface area contributed by atoms with E-state index in [1.165, 1.54) is 12.1 Å². The number of aliphatic hydroxyl groups excluding tert-OH is 1. The largest absolute Gasteiger partial charge is 0.508 e. The van der Waals surface area contributed by atoms with Crippen molar-refractivity contribution in [1.29, 1.82) is 0 Å². The summed E-state index contributed by atoms with van der Waals surface area (Å²) >= 11 is 0. The Labute approximate surface area is 118 Å². The highest BCUT2D eigenvalue weighted by atomic mass is 16.3. The Morgan fingerprint density at radius 1 is 1.35 bits per heavy atom. The van der Waals surface area contributed by atoms with Gasteiger partial charge >= 0.3 is 0 Å². The van der Waals surface area contributed by atoms with Crippen molar-refractivity contribution < 1.29 is 15.0 Å². The molecule has 0 saturated carbocycles. The van der Waals surface area contributed by atoms with E-state index in [4.69, 9.17) is 5.73 Å². The molecule has 1 amide bonds. The van der Waals surface area contributed by atoms with E-state index in [1.807, 2.05) is 4.90 Å². The van der Waals surface area contributed by atoms with Crippen LogP contribution in [-0.4, -0.2) is 58.3 Å². The minimum atomic E-state index is -0.495. The highest BCUT2D eigenvalue weighted by Gasteiger charge is 2.20. The molecule has 20 heavy (non-hydrogen) atoms. The molecule has 4 N–H and O–H groups in total. The van der Waals surface area contributed by atoms with Gasteiger partial charge in [0.15, 0.2) is 0 Å². The predicted molar refractivity (Wildman–Crippen MR) is 75.2 cm³/mol. The number of phenolic OH excluding ortho intramolecular Hbond substituents is 1. The third kappa shape index (κ3) is 3.47. The molecule has 0 aliphatic carbocycles. The zero-order valence-electron chi connectivity index (χ0n) is 11.6. The summed E-state index contributed by atoms with van der Waals surface area (Å²) in [4.78, 5) is 15.3. The highest BCUT2D eigenvalue weighted by molar-refractivity contribution is 5.93. The molecule has 0 radical (unpaired) electrons. The van der Waals surface area contributed by atoms with Gasteiger partial charge < -0.3 is 15.9 Å². The van der Waals surface area contributed by atoms with E-state index in [-0.39, 0.29) is 5.75 Å². The number of hydrogen-bond acceptors (Lipinski definition) is 5. The number of aromatic hydroxyl groups is 1. The standard InChI is InChI=1S/C14H21N3O3/c1-10(18)17-6-4-16(5-7-17)9-12-8-11(14(15)20)2-3-13(12)19/h2-3,8,10,18-19H,4-7,9H2,1H3,(H2,15,20). The van der Waals surface area contributed by atoms with Crippen molar-refractivity contribution in [3.05, 3.63) is 29.3 Å². The van der Waals surface area contributed by atoms with Gasteiger partial charge in [-0.2, -0.15) is 0 Å². The van der Waals surface area contributed by atoms with Gasteiger partial charge in [-0.3, -0.25) is 14.6 Å². The Balaban J connectivity index is 2.00. The van der Waals surface area contributed by atoms with Crippen LogP contribution in [0.1, 0.15) is 22.8 Å². The summed E-state index contributed by atoms with van der Waals surface area (Å²) in [6.45, 7) is 5.52. The van der Waals surface area contributed by atoms with Gasteiger partial charge in [0.05, 0.1) is 0 Å². The van der Waals surface area contributed by atoms with E-state index in [1.54, 1.807) is 13.0 Å². The number of amides is 1. The third-order valence-electron chi connectivity index (χ3n) is 3.69. The van der Waals surface area contributed by atoms with Crippen LogP contribution in [0.3, 0.4) is 0 Å². The van der Waals surface area contributed by atoms with Gasteiger partial charge in [-0.25, -0.2) is 0 Å². The fourth-order valence-electron chi connectivity index (χ4n) is 2.40. The third-order valence-corrected chi connectivity index (χ3v) is 3.69. The lowest BCUT2D eigenvalue weighted by molar-refractivity contribution is -0.0143. The molecule has 0 bridgehead atoms. The number of aliphatic hydroxyl groups is 1. The number of benzene rings is 1. The quantitative estimate of drug-likeness (QED) is 0.719. The Bertz CT molecular complexity index is 483. The fourth-order valence-corrected chi connectivity index (χ4v) is 2.40. The van der Waals surface area contributed by atoms with Crippen LogP contribution in [0.15, 0.2) is 18.2 Å². The van der Waals surface area contributed by atoms with E-state index in [0.29, 0.717) is 17.7 Å². The molecule has 1 aliphatic heterocycles. The molecule has 1 unspecified atom stereocenters. The van der Waals surface area contributed by atoms with Gasteiger partial charge in [0, 0.05) is 43.9 Å². The minimum absolute atomic E-state index is 0.174. The Hall–Kier alpha value is -1.63.